The van der Waals surface area contributed by atoms with Crippen molar-refractivity contribution in [3.63, 3.8) is 0 Å². The minimum Gasteiger partial charge on any atom is -0.466 e. The van der Waals surface area contributed by atoms with Crippen LogP contribution in [0.3, 0.4) is 0 Å². The summed E-state index contributed by atoms with van der Waals surface area (Å²) in [6.07, 6.45) is 7.77. The number of amidine groups is 2. The third kappa shape index (κ3) is 12.9. The molecule has 3 atom stereocenters. The minimum atomic E-state index is -0.896. The van der Waals surface area contributed by atoms with Gasteiger partial charge in [-0.15, -0.1) is 22.7 Å². The van der Waals surface area contributed by atoms with Crippen molar-refractivity contribution in [2.45, 2.75) is 83.9 Å². The van der Waals surface area contributed by atoms with Crippen LogP contribution in [0.15, 0.2) is 92.1 Å². The van der Waals surface area contributed by atoms with Crippen LogP contribution in [0.4, 0.5) is 8.78 Å². The van der Waals surface area contributed by atoms with Crippen LogP contribution in [0.2, 0.25) is 10.0 Å². The van der Waals surface area contributed by atoms with Crippen LogP contribution < -0.4 is 16.0 Å². The van der Waals surface area contributed by atoms with Crippen LogP contribution in [0.5, 0.6) is 0 Å². The number of ether oxygens (including phenoxy) is 3. The molecule has 1 amide bonds. The number of nitrogens with zero attached hydrogens (tertiary/aromatic N) is 5. The summed E-state index contributed by atoms with van der Waals surface area (Å²) in [5, 5.41) is 14.5. The minimum absolute atomic E-state index is 0.00695. The lowest BCUT2D eigenvalue weighted by Gasteiger charge is -2.37. The first-order valence-electron chi connectivity index (χ1n) is 23.3. The first kappa shape index (κ1) is 53.2. The fourth-order valence-electron chi connectivity index (χ4n) is 9.18. The second kappa shape index (κ2) is 23.7. The van der Waals surface area contributed by atoms with E-state index in [1.807, 2.05) is 36.4 Å². The summed E-state index contributed by atoms with van der Waals surface area (Å²) in [7, 11) is 2.94. The number of hydrogen-bond acceptors (Lipinski definition) is 16. The zero-order chi connectivity index (χ0) is 51.0. The summed E-state index contributed by atoms with van der Waals surface area (Å²) >= 11 is 15.6. The molecule has 5 heterocycles. The number of nitrogens with one attached hydrogen (secondary N) is 3. The van der Waals surface area contributed by atoms with Gasteiger partial charge in [-0.2, -0.15) is 0 Å². The van der Waals surface area contributed by atoms with E-state index in [4.69, 9.17) is 47.4 Å². The Morgan fingerprint density at radius 3 is 2.03 bits per heavy atom. The molecule has 3 aliphatic heterocycles. The van der Waals surface area contributed by atoms with Crippen molar-refractivity contribution in [3.8, 4) is 0 Å². The molecule has 1 saturated carbocycles. The summed E-state index contributed by atoms with van der Waals surface area (Å²) in [6, 6.07) is 6.85. The van der Waals surface area contributed by atoms with Gasteiger partial charge in [0.15, 0.2) is 21.7 Å². The van der Waals surface area contributed by atoms with E-state index in [1.54, 1.807) is 38.5 Å². The van der Waals surface area contributed by atoms with Crippen molar-refractivity contribution in [1.82, 2.24) is 30.8 Å². The van der Waals surface area contributed by atoms with Gasteiger partial charge in [0, 0.05) is 76.1 Å². The maximum absolute atomic E-state index is 14.5. The van der Waals surface area contributed by atoms with Crippen LogP contribution in [0, 0.1) is 29.4 Å². The summed E-state index contributed by atoms with van der Waals surface area (Å²) in [6.45, 7) is 8.82. The maximum atomic E-state index is 14.5. The second-order valence-corrected chi connectivity index (χ2v) is 20.8. The van der Waals surface area contributed by atoms with E-state index in [2.05, 4.69) is 25.9 Å². The van der Waals surface area contributed by atoms with Crippen LogP contribution in [-0.4, -0.2) is 96.4 Å². The molecule has 0 bridgehead atoms. The molecular formula is C50H56Cl2F2N8O7S2. The predicted molar refractivity (Wildman–Crippen MR) is 269 cm³/mol. The molecule has 3 unspecified atom stereocenters. The number of esters is 3. The Hall–Kier alpha value is -5.60. The van der Waals surface area contributed by atoms with E-state index >= 15 is 0 Å². The molecule has 71 heavy (non-hydrogen) atoms. The van der Waals surface area contributed by atoms with Gasteiger partial charge in [-0.3, -0.25) is 24.5 Å². The van der Waals surface area contributed by atoms with Crippen LogP contribution in [0.25, 0.3) is 0 Å². The van der Waals surface area contributed by atoms with Gasteiger partial charge in [-0.05, 0) is 96.9 Å². The molecule has 4 aromatic rings. The molecule has 21 heteroatoms. The smallest absolute Gasteiger partial charge is 0.338 e. The lowest BCUT2D eigenvalue weighted by molar-refractivity contribution is -0.156. The number of methoxy groups -OCH3 is 1. The zero-order valence-corrected chi connectivity index (χ0v) is 43.3. The average Bonchev–Trinajstić information content (AvgIpc) is 4.10. The largest absolute Gasteiger partial charge is 0.466 e. The number of benzene rings is 2. The average molecular weight is 1050 g/mol. The highest BCUT2D eigenvalue weighted by atomic mass is 35.5. The van der Waals surface area contributed by atoms with Crippen molar-refractivity contribution in [1.29, 1.82) is 0 Å². The number of thiazole rings is 2. The molecule has 0 spiro atoms. The van der Waals surface area contributed by atoms with Crippen molar-refractivity contribution in [2.24, 2.45) is 27.7 Å². The number of aliphatic imine (C=N–C) groups is 2. The molecule has 2 aromatic carbocycles. The molecule has 1 saturated heterocycles. The Morgan fingerprint density at radius 2 is 1.46 bits per heavy atom. The van der Waals surface area contributed by atoms with E-state index in [-0.39, 0.29) is 58.4 Å². The molecule has 378 valence electrons. The van der Waals surface area contributed by atoms with Crippen LogP contribution in [-0.2, 0) is 33.4 Å². The molecular weight excluding hydrogens is 998 g/mol. The highest BCUT2D eigenvalue weighted by molar-refractivity contribution is 7.12. The van der Waals surface area contributed by atoms with Gasteiger partial charge in [0.25, 0.3) is 0 Å². The van der Waals surface area contributed by atoms with Crippen LogP contribution >= 0.6 is 45.9 Å². The molecule has 0 radical (unpaired) electrons. The molecule has 2 aromatic heterocycles. The molecule has 2 fully saturated rings. The van der Waals surface area contributed by atoms with Gasteiger partial charge in [0.05, 0.1) is 36.4 Å². The first-order chi connectivity index (χ1) is 34.0. The van der Waals surface area contributed by atoms with Crippen molar-refractivity contribution < 1.29 is 42.2 Å². The van der Waals surface area contributed by atoms with E-state index in [0.29, 0.717) is 69.2 Å². The van der Waals surface area contributed by atoms with Crippen molar-refractivity contribution in [2.75, 3.05) is 40.4 Å². The fraction of sp³-hybridized carbons (Fsp3) is 0.440. The Bertz CT molecular complexity index is 2720. The maximum Gasteiger partial charge on any atom is 0.338 e. The van der Waals surface area contributed by atoms with E-state index < -0.39 is 41.3 Å². The molecule has 1 aliphatic carbocycles. The number of piperidine rings is 1. The normalized spacial score (nSPS) is 21.6. The van der Waals surface area contributed by atoms with Gasteiger partial charge < -0.3 is 30.2 Å². The van der Waals surface area contributed by atoms with Gasteiger partial charge in [-0.1, -0.05) is 41.4 Å². The summed E-state index contributed by atoms with van der Waals surface area (Å²) in [5.41, 5.74) is 2.24. The van der Waals surface area contributed by atoms with E-state index in [0.717, 1.165) is 32.2 Å². The highest BCUT2D eigenvalue weighted by Gasteiger charge is 2.40. The Morgan fingerprint density at radius 1 is 0.845 bits per heavy atom. The Balaban J connectivity index is 0.000000209. The van der Waals surface area contributed by atoms with Gasteiger partial charge in [0.2, 0.25) is 5.91 Å². The standard InChI is InChI=1S/C26H30ClFN4O4S.C24H26ClFN4O3S/c1-26(2,3)36-18(33)14-32-11-6-7-15(13-32)21-19(25(34)35-4)22(16-8-5-9-17(28)20(16)27)31-23(30-21)24-29-10-12-37-24;1-3-33-24(32)18-19(13-4-6-14(7-5-13)22(31)27-2)29-21(23-28-10-11-34-23)30-20(18)16-9-8-15(26)12-17(16)25/h5,8-10,12,15,22H,6-7,11,13-14H2,1-4H3,(H,30,31);8-14,20H,3-7H2,1-2H3,(H,27,31)(H,29,30). The second-order valence-electron chi connectivity index (χ2n) is 18.2. The number of hydrogen-bond donors (Lipinski definition) is 3. The van der Waals surface area contributed by atoms with Gasteiger partial charge in [0.1, 0.15) is 29.3 Å². The topological polar surface area (TPSA) is 186 Å². The number of likely N-dealkylation sites (tertiary alicyclic amines) is 1. The third-order valence-corrected chi connectivity index (χ3v) is 14.6. The monoisotopic (exact) mass is 1050 g/mol. The number of carbonyl (C=O) groups excluding carboxylic acids is 4. The number of halogens is 4. The summed E-state index contributed by atoms with van der Waals surface area (Å²) in [5.74, 6) is -1.63. The summed E-state index contributed by atoms with van der Waals surface area (Å²) < 4.78 is 44.4. The van der Waals surface area contributed by atoms with E-state index in [9.17, 15) is 28.0 Å². The fourth-order valence-corrected chi connectivity index (χ4v) is 10.9. The predicted octanol–water partition coefficient (Wildman–Crippen LogP) is 8.90. The van der Waals surface area contributed by atoms with Crippen molar-refractivity contribution >= 4 is 81.4 Å². The van der Waals surface area contributed by atoms with Gasteiger partial charge >= 0.3 is 17.9 Å². The van der Waals surface area contributed by atoms with E-state index in [1.165, 1.54) is 54.0 Å². The Kier molecular flexibility index (Phi) is 17.8. The highest BCUT2D eigenvalue weighted by Crippen LogP contribution is 2.43. The van der Waals surface area contributed by atoms with Gasteiger partial charge in [-0.25, -0.2) is 28.3 Å². The molecule has 3 N–H and O–H groups in total. The number of rotatable bonds is 12. The zero-order valence-electron chi connectivity index (χ0n) is 40.2. The number of amides is 1. The number of aromatic nitrogens is 2. The number of carbonyl (C=O) groups is 4. The SMILES string of the molecule is CCOC(=O)C1=C(C2CCC(C(=O)NC)CC2)NC(c2nccs2)=NC1c1ccc(F)cc1Cl.COC(=O)C1=C(C2CCCN(CC(=O)OC(C)(C)C)C2)NC(c2nccs2)=NC1c1cccc(F)c1Cl. The molecule has 4 aliphatic rings. The first-order valence-corrected chi connectivity index (χ1v) is 25.8. The lowest BCUT2D eigenvalue weighted by Crippen LogP contribution is -2.45. The quantitative estimate of drug-likeness (QED) is 0.0906. The number of allylic oxidation sites excluding steroid dienone is 1. The lowest BCUT2D eigenvalue weighted by atomic mass is 9.77. The third-order valence-electron chi connectivity index (χ3n) is 12.3. The summed E-state index contributed by atoms with van der Waals surface area (Å²) in [4.78, 5) is 71.4. The van der Waals surface area contributed by atoms with Crippen LogP contribution in [0.1, 0.15) is 99.4 Å². The Labute approximate surface area is 429 Å². The molecule has 8 rings (SSSR count). The molecule has 15 nitrogen and oxygen atoms in total. The van der Waals surface area contributed by atoms with Crippen molar-refractivity contribution in [3.05, 3.63) is 125 Å².